The first-order valence-corrected chi connectivity index (χ1v) is 8.92. The molecule has 0 amide bonds. The zero-order chi connectivity index (χ0) is 14.0. The summed E-state index contributed by atoms with van der Waals surface area (Å²) in [5, 5.41) is 0. The minimum Gasteiger partial charge on any atom is -0.396 e. The highest BCUT2D eigenvalue weighted by molar-refractivity contribution is 6.46. The maximum Gasteiger partial charge on any atom is 0.346 e. The van der Waals surface area contributed by atoms with Crippen LogP contribution in [0.2, 0.25) is 0 Å². The molecule has 0 radical (unpaired) electrons. The van der Waals surface area contributed by atoms with Gasteiger partial charge < -0.3 is 8.85 Å². The molecule has 3 nitrogen and oxygen atoms in total. The molecule has 0 aliphatic carbocycles. The van der Waals surface area contributed by atoms with Crippen LogP contribution in [0.4, 0.5) is 0 Å². The highest BCUT2D eigenvalue weighted by Gasteiger charge is 2.24. The third-order valence-electron chi connectivity index (χ3n) is 2.65. The monoisotopic (exact) mass is 273 g/mol. The molecule has 1 atom stereocenters. The first-order chi connectivity index (χ1) is 8.54. The SMILES string of the molecule is CCCC(N=C(C)CC(C)C)[SiH](OCC)OCC. The molecule has 0 saturated carbocycles. The van der Waals surface area contributed by atoms with Crippen LogP contribution in [0.1, 0.15) is 60.8 Å². The smallest absolute Gasteiger partial charge is 0.346 e. The number of hydrogen-bond donors (Lipinski definition) is 0. The molecule has 0 bridgehead atoms. The molecule has 18 heavy (non-hydrogen) atoms. The van der Waals surface area contributed by atoms with E-state index in [-0.39, 0.29) is 5.67 Å². The fourth-order valence-electron chi connectivity index (χ4n) is 2.08. The summed E-state index contributed by atoms with van der Waals surface area (Å²) >= 11 is 0. The molecule has 0 spiro atoms. The Balaban J connectivity index is 4.67. The molecular formula is C14H31NO2Si. The summed E-state index contributed by atoms with van der Waals surface area (Å²) in [7, 11) is -1.66. The van der Waals surface area contributed by atoms with Crippen LogP contribution in [-0.4, -0.2) is 33.9 Å². The van der Waals surface area contributed by atoms with E-state index in [2.05, 4.69) is 27.7 Å². The second-order valence-corrected chi connectivity index (χ2v) is 7.27. The lowest BCUT2D eigenvalue weighted by Gasteiger charge is -2.22. The lowest BCUT2D eigenvalue weighted by atomic mass is 10.1. The third-order valence-corrected chi connectivity index (χ3v) is 5.08. The van der Waals surface area contributed by atoms with Crippen molar-refractivity contribution in [2.24, 2.45) is 10.9 Å². The Morgan fingerprint density at radius 1 is 1.11 bits per heavy atom. The lowest BCUT2D eigenvalue weighted by Crippen LogP contribution is -2.37. The zero-order valence-corrected chi connectivity index (χ0v) is 14.2. The van der Waals surface area contributed by atoms with Gasteiger partial charge in [0, 0.05) is 18.9 Å². The molecule has 0 saturated heterocycles. The van der Waals surface area contributed by atoms with Gasteiger partial charge in [-0.15, -0.1) is 0 Å². The fraction of sp³-hybridized carbons (Fsp3) is 0.929. The molecule has 0 N–H and O–H groups in total. The van der Waals surface area contributed by atoms with Crippen molar-refractivity contribution in [1.82, 2.24) is 0 Å². The Kier molecular flexibility index (Phi) is 10.6. The summed E-state index contributed by atoms with van der Waals surface area (Å²) in [5.74, 6) is 0.662. The van der Waals surface area contributed by atoms with Crippen molar-refractivity contribution in [3.8, 4) is 0 Å². The van der Waals surface area contributed by atoms with Crippen molar-refractivity contribution in [2.75, 3.05) is 13.2 Å². The molecule has 0 aliphatic heterocycles. The van der Waals surface area contributed by atoms with Crippen molar-refractivity contribution in [2.45, 2.75) is 66.5 Å². The second kappa shape index (κ2) is 10.7. The van der Waals surface area contributed by atoms with Gasteiger partial charge in [-0.1, -0.05) is 27.2 Å². The van der Waals surface area contributed by atoms with E-state index in [0.29, 0.717) is 5.92 Å². The second-order valence-electron chi connectivity index (χ2n) is 5.10. The third kappa shape index (κ3) is 8.00. The number of aliphatic imine (C=N–C) groups is 1. The van der Waals surface area contributed by atoms with Crippen molar-refractivity contribution in [3.63, 3.8) is 0 Å². The highest BCUT2D eigenvalue weighted by Crippen LogP contribution is 2.12. The molecule has 4 heteroatoms. The van der Waals surface area contributed by atoms with E-state index in [0.717, 1.165) is 32.5 Å². The first-order valence-electron chi connectivity index (χ1n) is 7.31. The number of hydrogen-bond acceptors (Lipinski definition) is 3. The lowest BCUT2D eigenvalue weighted by molar-refractivity contribution is 0.203. The van der Waals surface area contributed by atoms with Crippen LogP contribution < -0.4 is 0 Å². The Morgan fingerprint density at radius 3 is 2.06 bits per heavy atom. The zero-order valence-electron chi connectivity index (χ0n) is 13.0. The molecule has 0 heterocycles. The van der Waals surface area contributed by atoms with Crippen LogP contribution >= 0.6 is 0 Å². The van der Waals surface area contributed by atoms with Gasteiger partial charge in [-0.25, -0.2) is 0 Å². The van der Waals surface area contributed by atoms with Crippen LogP contribution in [0.15, 0.2) is 4.99 Å². The van der Waals surface area contributed by atoms with Gasteiger partial charge in [-0.3, -0.25) is 4.99 Å². The summed E-state index contributed by atoms with van der Waals surface area (Å²) in [5.41, 5.74) is 1.51. The van der Waals surface area contributed by atoms with Crippen molar-refractivity contribution in [1.29, 1.82) is 0 Å². The largest absolute Gasteiger partial charge is 0.396 e. The van der Waals surface area contributed by atoms with E-state index in [4.69, 9.17) is 13.8 Å². The van der Waals surface area contributed by atoms with E-state index in [1.54, 1.807) is 0 Å². The minimum atomic E-state index is -1.66. The molecule has 0 aromatic rings. The summed E-state index contributed by atoms with van der Waals surface area (Å²) in [6.07, 6.45) is 3.28. The van der Waals surface area contributed by atoms with Crippen LogP contribution in [0.25, 0.3) is 0 Å². The topological polar surface area (TPSA) is 30.8 Å². The molecule has 0 rings (SSSR count). The Bertz CT molecular complexity index is 226. The normalized spacial score (nSPS) is 14.6. The van der Waals surface area contributed by atoms with Gasteiger partial charge in [-0.05, 0) is 39.5 Å². The summed E-state index contributed by atoms with van der Waals surface area (Å²) in [6, 6.07) is 0. The maximum atomic E-state index is 5.81. The van der Waals surface area contributed by atoms with Crippen LogP contribution in [0, 0.1) is 5.92 Å². The standard InChI is InChI=1S/C14H31NO2Si/c1-7-10-14(15-13(6)11-12(4)5)18(16-8-2)17-9-3/h12,14,18H,7-11H2,1-6H3. The van der Waals surface area contributed by atoms with Gasteiger partial charge in [0.05, 0.1) is 5.67 Å². The fourth-order valence-corrected chi connectivity index (χ4v) is 4.26. The quantitative estimate of drug-likeness (QED) is 0.450. The van der Waals surface area contributed by atoms with Gasteiger partial charge in [0.15, 0.2) is 0 Å². The molecule has 0 aliphatic rings. The van der Waals surface area contributed by atoms with Gasteiger partial charge in [0.1, 0.15) is 0 Å². The predicted molar refractivity (Wildman–Crippen MR) is 81.7 cm³/mol. The van der Waals surface area contributed by atoms with Crippen LogP contribution in [0.3, 0.4) is 0 Å². The molecule has 0 fully saturated rings. The summed E-state index contributed by atoms with van der Waals surface area (Å²) in [4.78, 5) is 4.87. The molecule has 0 aromatic carbocycles. The Labute approximate surface area is 115 Å². The van der Waals surface area contributed by atoms with Gasteiger partial charge >= 0.3 is 9.28 Å². The Morgan fingerprint density at radius 2 is 1.67 bits per heavy atom. The number of rotatable bonds is 10. The average Bonchev–Trinajstić information content (AvgIpc) is 2.27. The van der Waals surface area contributed by atoms with Crippen molar-refractivity contribution >= 4 is 15.0 Å². The highest BCUT2D eigenvalue weighted by atomic mass is 28.3. The van der Waals surface area contributed by atoms with Crippen LogP contribution in [0.5, 0.6) is 0 Å². The average molecular weight is 273 g/mol. The van der Waals surface area contributed by atoms with E-state index < -0.39 is 9.28 Å². The van der Waals surface area contributed by atoms with Gasteiger partial charge in [-0.2, -0.15) is 0 Å². The van der Waals surface area contributed by atoms with Crippen molar-refractivity contribution < 1.29 is 8.85 Å². The van der Waals surface area contributed by atoms with E-state index >= 15 is 0 Å². The molecule has 1 unspecified atom stereocenters. The summed E-state index contributed by atoms with van der Waals surface area (Å²) in [6.45, 7) is 14.3. The number of nitrogens with zero attached hydrogens (tertiary/aromatic N) is 1. The predicted octanol–water partition coefficient (Wildman–Crippen LogP) is 3.49. The van der Waals surface area contributed by atoms with Crippen molar-refractivity contribution in [3.05, 3.63) is 0 Å². The molecule has 108 valence electrons. The van der Waals surface area contributed by atoms with E-state index in [1.807, 2.05) is 13.8 Å². The van der Waals surface area contributed by atoms with Gasteiger partial charge in [0.2, 0.25) is 0 Å². The van der Waals surface area contributed by atoms with E-state index in [9.17, 15) is 0 Å². The maximum absolute atomic E-state index is 5.81. The Hall–Kier alpha value is -0.193. The first kappa shape index (κ1) is 17.8. The van der Waals surface area contributed by atoms with Gasteiger partial charge in [0.25, 0.3) is 0 Å². The minimum absolute atomic E-state index is 0.272. The molecular weight excluding hydrogens is 242 g/mol. The van der Waals surface area contributed by atoms with Crippen LogP contribution in [-0.2, 0) is 8.85 Å². The van der Waals surface area contributed by atoms with E-state index in [1.165, 1.54) is 5.71 Å². The summed E-state index contributed by atoms with van der Waals surface area (Å²) < 4.78 is 11.6. The molecule has 0 aromatic heterocycles.